The molecular weight excluding hydrogens is 518 g/mol. The Hall–Kier alpha value is -4.96. The van der Waals surface area contributed by atoms with Crippen LogP contribution in [0.4, 0.5) is 0 Å². The molecule has 0 spiro atoms. The summed E-state index contributed by atoms with van der Waals surface area (Å²) in [7, 11) is 0. The van der Waals surface area contributed by atoms with Crippen LogP contribution >= 0.6 is 11.6 Å². The van der Waals surface area contributed by atoms with Gasteiger partial charge in [0.05, 0.1) is 40.9 Å². The Labute approximate surface area is 227 Å². The SMILES string of the molecule is Cc1nn(-c2ccccc2)c2c1[C@H](c1ccco1)c1c(ncn3nc(CO/N=C\c4ccccc4Cl)nc13)O2. The van der Waals surface area contributed by atoms with Crippen LogP contribution in [-0.4, -0.2) is 35.6 Å². The van der Waals surface area contributed by atoms with Gasteiger partial charge in [0, 0.05) is 10.6 Å². The van der Waals surface area contributed by atoms with Crippen molar-refractivity contribution in [2.24, 2.45) is 5.16 Å². The van der Waals surface area contributed by atoms with Crippen LogP contribution in [0.2, 0.25) is 5.02 Å². The van der Waals surface area contributed by atoms with Crippen LogP contribution in [0.15, 0.2) is 88.9 Å². The molecule has 39 heavy (non-hydrogen) atoms. The van der Waals surface area contributed by atoms with Gasteiger partial charge in [0.25, 0.3) is 0 Å². The number of nitrogens with zero attached hydrogens (tertiary/aromatic N) is 7. The third-order valence-electron chi connectivity index (χ3n) is 6.46. The smallest absolute Gasteiger partial charge is 0.230 e. The fourth-order valence-corrected chi connectivity index (χ4v) is 4.92. The molecular formula is C28H20ClN7O3. The lowest BCUT2D eigenvalue weighted by atomic mass is 9.88. The van der Waals surface area contributed by atoms with Crippen molar-refractivity contribution in [3.63, 3.8) is 0 Å². The van der Waals surface area contributed by atoms with Crippen LogP contribution in [0.3, 0.4) is 0 Å². The summed E-state index contributed by atoms with van der Waals surface area (Å²) in [5, 5.41) is 14.0. The normalized spacial score (nSPS) is 14.4. The molecule has 0 bridgehead atoms. The molecule has 4 aromatic heterocycles. The highest BCUT2D eigenvalue weighted by Gasteiger charge is 2.39. The molecule has 192 valence electrons. The maximum Gasteiger partial charge on any atom is 0.230 e. The zero-order valence-corrected chi connectivity index (χ0v) is 21.4. The number of hydrogen-bond acceptors (Lipinski definition) is 8. The van der Waals surface area contributed by atoms with E-state index in [0.717, 1.165) is 33.8 Å². The fourth-order valence-electron chi connectivity index (χ4n) is 4.74. The van der Waals surface area contributed by atoms with E-state index in [1.807, 2.05) is 67.6 Å². The first-order valence-electron chi connectivity index (χ1n) is 12.2. The number of oxime groups is 1. The summed E-state index contributed by atoms with van der Waals surface area (Å²) in [4.78, 5) is 14.8. The van der Waals surface area contributed by atoms with Crippen molar-refractivity contribution in [3.05, 3.63) is 118 Å². The molecule has 7 rings (SSSR count). The number of aryl methyl sites for hydroxylation is 1. The number of fused-ring (bicyclic) bond motifs is 4. The van der Waals surface area contributed by atoms with Crippen molar-refractivity contribution in [2.75, 3.05) is 0 Å². The Kier molecular flexibility index (Phi) is 5.59. The average Bonchev–Trinajstić information content (AvgIpc) is 3.71. The zero-order valence-electron chi connectivity index (χ0n) is 20.6. The summed E-state index contributed by atoms with van der Waals surface area (Å²) in [6, 6.07) is 21.0. The number of benzene rings is 2. The van der Waals surface area contributed by atoms with Crippen molar-refractivity contribution in [1.82, 2.24) is 29.4 Å². The van der Waals surface area contributed by atoms with Crippen molar-refractivity contribution in [1.29, 1.82) is 0 Å². The second kappa shape index (κ2) is 9.41. The minimum atomic E-state index is -0.358. The van der Waals surface area contributed by atoms with Crippen molar-refractivity contribution in [2.45, 2.75) is 19.4 Å². The Balaban J connectivity index is 1.28. The minimum absolute atomic E-state index is 0.0555. The van der Waals surface area contributed by atoms with Gasteiger partial charge in [-0.15, -0.1) is 5.10 Å². The van der Waals surface area contributed by atoms with Gasteiger partial charge in [0.2, 0.25) is 11.8 Å². The summed E-state index contributed by atoms with van der Waals surface area (Å²) in [6.45, 7) is 2.01. The van der Waals surface area contributed by atoms with E-state index in [0.29, 0.717) is 28.3 Å². The molecule has 0 aliphatic carbocycles. The predicted octanol–water partition coefficient (Wildman–Crippen LogP) is 5.70. The number of rotatable bonds is 6. The zero-order chi connectivity index (χ0) is 26.3. The average molecular weight is 538 g/mol. The second-order valence-corrected chi connectivity index (χ2v) is 9.30. The van der Waals surface area contributed by atoms with Crippen LogP contribution in [0.1, 0.15) is 39.9 Å². The number of furan rings is 1. The van der Waals surface area contributed by atoms with Crippen LogP contribution in [-0.2, 0) is 11.4 Å². The van der Waals surface area contributed by atoms with Crippen molar-refractivity contribution >= 4 is 23.5 Å². The molecule has 1 aliphatic rings. The molecule has 11 heteroatoms. The molecule has 1 atom stereocenters. The summed E-state index contributed by atoms with van der Waals surface area (Å²) in [5.74, 6) is 1.79. The molecule has 0 fully saturated rings. The second-order valence-electron chi connectivity index (χ2n) is 8.89. The van der Waals surface area contributed by atoms with Crippen LogP contribution < -0.4 is 4.74 Å². The van der Waals surface area contributed by atoms with Crippen molar-refractivity contribution < 1.29 is 14.0 Å². The summed E-state index contributed by atoms with van der Waals surface area (Å²) >= 11 is 6.17. The molecule has 0 saturated carbocycles. The molecule has 0 saturated heterocycles. The van der Waals surface area contributed by atoms with E-state index in [9.17, 15) is 0 Å². The summed E-state index contributed by atoms with van der Waals surface area (Å²) in [6.07, 6.45) is 4.77. The molecule has 0 unspecified atom stereocenters. The molecule has 0 radical (unpaired) electrons. The highest BCUT2D eigenvalue weighted by molar-refractivity contribution is 6.33. The van der Waals surface area contributed by atoms with E-state index in [1.54, 1.807) is 34.1 Å². The molecule has 5 heterocycles. The Morgan fingerprint density at radius 2 is 1.87 bits per heavy atom. The van der Waals surface area contributed by atoms with Gasteiger partial charge in [-0.2, -0.15) is 5.10 Å². The summed E-state index contributed by atoms with van der Waals surface area (Å²) < 4.78 is 15.7. The first kappa shape index (κ1) is 23.2. The van der Waals surface area contributed by atoms with E-state index < -0.39 is 0 Å². The highest BCUT2D eigenvalue weighted by atomic mass is 35.5. The standard InChI is InChI=1S/C28H20ClN7O3/c1-17-23-24(21-12-7-13-37-21)25-26-32-22(15-38-31-14-18-8-5-6-11-20(18)29)34-35(26)16-30-27(25)39-28(23)36(33-17)19-9-3-2-4-10-19/h2-14,16,24H,15H2,1H3/b31-14-/t24-/m0/s1. The third-order valence-corrected chi connectivity index (χ3v) is 6.80. The van der Waals surface area contributed by atoms with Gasteiger partial charge in [-0.1, -0.05) is 53.2 Å². The lowest BCUT2D eigenvalue weighted by molar-refractivity contribution is 0.126. The molecule has 0 N–H and O–H groups in total. The van der Waals surface area contributed by atoms with Gasteiger partial charge in [-0.05, 0) is 37.3 Å². The van der Waals surface area contributed by atoms with Crippen LogP contribution in [0.25, 0.3) is 11.3 Å². The van der Waals surface area contributed by atoms with Crippen molar-refractivity contribution in [3.8, 4) is 17.4 Å². The van der Waals surface area contributed by atoms with E-state index in [1.165, 1.54) is 0 Å². The fraction of sp³-hybridized carbons (Fsp3) is 0.107. The number of hydrogen-bond donors (Lipinski definition) is 0. The minimum Gasteiger partial charge on any atom is -0.468 e. The van der Waals surface area contributed by atoms with E-state index in [4.69, 9.17) is 35.7 Å². The Morgan fingerprint density at radius 3 is 2.69 bits per heavy atom. The van der Waals surface area contributed by atoms with Gasteiger partial charge in [0.15, 0.2) is 18.1 Å². The van der Waals surface area contributed by atoms with E-state index >= 15 is 0 Å². The monoisotopic (exact) mass is 537 g/mol. The first-order chi connectivity index (χ1) is 19.2. The van der Waals surface area contributed by atoms with Gasteiger partial charge >= 0.3 is 0 Å². The Morgan fingerprint density at radius 1 is 1.03 bits per heavy atom. The van der Waals surface area contributed by atoms with Gasteiger partial charge in [-0.3, -0.25) is 0 Å². The first-order valence-corrected chi connectivity index (χ1v) is 12.6. The molecule has 1 aliphatic heterocycles. The topological polar surface area (TPSA) is 105 Å². The lowest BCUT2D eigenvalue weighted by Crippen LogP contribution is -2.15. The molecule has 10 nitrogen and oxygen atoms in total. The van der Waals surface area contributed by atoms with Gasteiger partial charge in [-0.25, -0.2) is 19.2 Å². The highest BCUT2D eigenvalue weighted by Crippen LogP contribution is 2.49. The van der Waals surface area contributed by atoms with Crippen LogP contribution in [0, 0.1) is 6.92 Å². The summed E-state index contributed by atoms with van der Waals surface area (Å²) in [5.41, 5.74) is 4.62. The predicted molar refractivity (Wildman–Crippen MR) is 143 cm³/mol. The quantitative estimate of drug-likeness (QED) is 0.198. The van der Waals surface area contributed by atoms with E-state index in [-0.39, 0.29) is 12.5 Å². The number of ether oxygens (including phenoxy) is 1. The molecule has 0 amide bonds. The van der Waals surface area contributed by atoms with Gasteiger partial charge in [0.1, 0.15) is 12.1 Å². The van der Waals surface area contributed by atoms with Crippen LogP contribution in [0.5, 0.6) is 11.8 Å². The maximum absolute atomic E-state index is 6.39. The molecule has 6 aromatic rings. The number of halogens is 1. The van der Waals surface area contributed by atoms with Gasteiger partial charge < -0.3 is 14.0 Å². The number of aromatic nitrogens is 6. The number of para-hydroxylation sites is 1. The lowest BCUT2D eigenvalue weighted by Gasteiger charge is -2.24. The maximum atomic E-state index is 6.39. The largest absolute Gasteiger partial charge is 0.468 e. The molecule has 2 aromatic carbocycles. The van der Waals surface area contributed by atoms with E-state index in [2.05, 4.69) is 15.2 Å². The third kappa shape index (κ3) is 4.02. The Bertz CT molecular complexity index is 1830.